The first-order valence-corrected chi connectivity index (χ1v) is 7.47. The first-order valence-electron chi connectivity index (χ1n) is 7.47. The molecule has 0 aromatic carbocycles. The number of hydrogen-bond donors (Lipinski definition) is 0. The molecule has 1 aliphatic carbocycles. The monoisotopic (exact) mass is 314 g/mol. The summed E-state index contributed by atoms with van der Waals surface area (Å²) in [7, 11) is 0. The predicted molar refractivity (Wildman–Crippen MR) is 78.9 cm³/mol. The second kappa shape index (κ2) is 5.89. The molecule has 6 nitrogen and oxygen atoms in total. The summed E-state index contributed by atoms with van der Waals surface area (Å²) in [5.41, 5.74) is -3.09. The van der Waals surface area contributed by atoms with Crippen molar-refractivity contribution in [1.82, 2.24) is 0 Å². The molecule has 0 aromatic rings. The number of rotatable bonds is 4. The molecular formula is C16H26O6. The zero-order chi connectivity index (χ0) is 17.3. The molecule has 0 N–H and O–H groups in total. The summed E-state index contributed by atoms with van der Waals surface area (Å²) in [4.78, 5) is 36.8. The average molecular weight is 314 g/mol. The van der Waals surface area contributed by atoms with E-state index in [4.69, 9.17) is 14.2 Å². The third-order valence-corrected chi connectivity index (χ3v) is 3.06. The number of hydrogen-bond acceptors (Lipinski definition) is 6. The molecule has 1 saturated carbocycles. The van der Waals surface area contributed by atoms with Gasteiger partial charge in [-0.1, -0.05) is 0 Å². The Morgan fingerprint density at radius 1 is 0.955 bits per heavy atom. The van der Waals surface area contributed by atoms with Crippen LogP contribution in [-0.4, -0.2) is 35.7 Å². The Morgan fingerprint density at radius 3 is 1.68 bits per heavy atom. The summed E-state index contributed by atoms with van der Waals surface area (Å²) >= 11 is 0. The fraction of sp³-hybridized carbons (Fsp3) is 0.812. The smallest absolute Gasteiger partial charge is 0.324 e. The first kappa shape index (κ1) is 18.5. The Morgan fingerprint density at radius 2 is 1.36 bits per heavy atom. The van der Waals surface area contributed by atoms with Crippen molar-refractivity contribution in [2.75, 3.05) is 6.61 Å². The van der Waals surface area contributed by atoms with Crippen molar-refractivity contribution in [1.29, 1.82) is 0 Å². The van der Waals surface area contributed by atoms with Crippen LogP contribution < -0.4 is 0 Å². The standard InChI is InChI=1S/C16H26O6/c1-8-20-11(17)10-9-16(10,12(18)21-14(2,3)4)13(19)22-15(5,6)7/h10H,8-9H2,1-7H3/t10-/m0/s1. The third-order valence-electron chi connectivity index (χ3n) is 3.06. The van der Waals surface area contributed by atoms with Gasteiger partial charge in [-0.05, 0) is 54.9 Å². The molecule has 126 valence electrons. The summed E-state index contributed by atoms with van der Waals surface area (Å²) < 4.78 is 15.6. The Bertz CT molecular complexity index is 438. The van der Waals surface area contributed by atoms with E-state index in [2.05, 4.69) is 0 Å². The van der Waals surface area contributed by atoms with Gasteiger partial charge in [-0.25, -0.2) is 0 Å². The lowest BCUT2D eigenvalue weighted by Crippen LogP contribution is -2.40. The molecule has 1 aliphatic rings. The van der Waals surface area contributed by atoms with E-state index < -0.39 is 40.4 Å². The third kappa shape index (κ3) is 4.21. The summed E-state index contributed by atoms with van der Waals surface area (Å²) in [6.45, 7) is 12.1. The lowest BCUT2D eigenvalue weighted by Gasteiger charge is -2.26. The minimum atomic E-state index is -1.58. The highest BCUT2D eigenvalue weighted by molar-refractivity contribution is 6.09. The number of carbonyl (C=O) groups is 3. The van der Waals surface area contributed by atoms with Crippen LogP contribution in [0.5, 0.6) is 0 Å². The maximum atomic E-state index is 12.5. The maximum absolute atomic E-state index is 12.5. The van der Waals surface area contributed by atoms with E-state index in [9.17, 15) is 14.4 Å². The summed E-state index contributed by atoms with van der Waals surface area (Å²) in [6, 6.07) is 0. The van der Waals surface area contributed by atoms with E-state index in [1.807, 2.05) is 0 Å². The molecule has 22 heavy (non-hydrogen) atoms. The van der Waals surface area contributed by atoms with Crippen molar-refractivity contribution in [2.45, 2.75) is 66.1 Å². The maximum Gasteiger partial charge on any atom is 0.324 e. The highest BCUT2D eigenvalue weighted by Gasteiger charge is 2.72. The van der Waals surface area contributed by atoms with Gasteiger partial charge in [0.05, 0.1) is 12.5 Å². The molecule has 0 aliphatic heterocycles. The van der Waals surface area contributed by atoms with Crippen LogP contribution >= 0.6 is 0 Å². The largest absolute Gasteiger partial charge is 0.466 e. The van der Waals surface area contributed by atoms with Crippen LogP contribution in [0, 0.1) is 11.3 Å². The second-order valence-electron chi connectivity index (χ2n) is 7.48. The fourth-order valence-corrected chi connectivity index (χ4v) is 2.06. The van der Waals surface area contributed by atoms with Crippen LogP contribution in [0.3, 0.4) is 0 Å². The van der Waals surface area contributed by atoms with Crippen molar-refractivity contribution in [3.8, 4) is 0 Å². The average Bonchev–Trinajstić information content (AvgIpc) is 3.00. The van der Waals surface area contributed by atoms with Gasteiger partial charge in [-0.3, -0.25) is 14.4 Å². The van der Waals surface area contributed by atoms with Crippen LogP contribution in [-0.2, 0) is 28.6 Å². The second-order valence-corrected chi connectivity index (χ2v) is 7.48. The van der Waals surface area contributed by atoms with Gasteiger partial charge in [-0.2, -0.15) is 0 Å². The van der Waals surface area contributed by atoms with Crippen molar-refractivity contribution in [3.05, 3.63) is 0 Å². The molecule has 1 atom stereocenters. The van der Waals surface area contributed by atoms with Gasteiger partial charge in [0.15, 0.2) is 5.41 Å². The van der Waals surface area contributed by atoms with Gasteiger partial charge in [0.1, 0.15) is 11.2 Å². The molecule has 6 heteroatoms. The van der Waals surface area contributed by atoms with Gasteiger partial charge >= 0.3 is 17.9 Å². The van der Waals surface area contributed by atoms with E-state index in [0.29, 0.717) is 0 Å². The first-order chi connectivity index (χ1) is 9.83. The van der Waals surface area contributed by atoms with Crippen LogP contribution in [0.1, 0.15) is 54.9 Å². The molecule has 0 amide bonds. The Hall–Kier alpha value is -1.59. The van der Waals surface area contributed by atoms with Gasteiger partial charge in [-0.15, -0.1) is 0 Å². The topological polar surface area (TPSA) is 78.9 Å². The van der Waals surface area contributed by atoms with Gasteiger partial charge in [0, 0.05) is 0 Å². The molecule has 0 unspecified atom stereocenters. The molecule has 0 heterocycles. The summed E-state index contributed by atoms with van der Waals surface area (Å²) in [5.74, 6) is -2.86. The van der Waals surface area contributed by atoms with E-state index in [1.54, 1.807) is 48.5 Å². The molecular weight excluding hydrogens is 288 g/mol. The molecule has 0 radical (unpaired) electrons. The highest BCUT2D eigenvalue weighted by Crippen LogP contribution is 2.56. The van der Waals surface area contributed by atoms with E-state index in [0.717, 1.165) is 0 Å². The zero-order valence-electron chi connectivity index (χ0n) is 14.4. The molecule has 1 rings (SSSR count). The molecule has 1 fully saturated rings. The lowest BCUT2D eigenvalue weighted by atomic mass is 10.0. The van der Waals surface area contributed by atoms with Gasteiger partial charge < -0.3 is 14.2 Å². The Balaban J connectivity index is 3.01. The summed E-state index contributed by atoms with van der Waals surface area (Å²) in [5, 5.41) is 0. The molecule has 0 spiro atoms. The summed E-state index contributed by atoms with van der Waals surface area (Å²) in [6.07, 6.45) is 0.0651. The van der Waals surface area contributed by atoms with Crippen LogP contribution in [0.15, 0.2) is 0 Å². The van der Waals surface area contributed by atoms with Gasteiger partial charge in [0.25, 0.3) is 0 Å². The SMILES string of the molecule is CCOC(=O)[C@@H]1CC1(C(=O)OC(C)(C)C)C(=O)OC(C)(C)C. The molecule has 0 saturated heterocycles. The minimum Gasteiger partial charge on any atom is -0.466 e. The van der Waals surface area contributed by atoms with Crippen LogP contribution in [0.4, 0.5) is 0 Å². The fourth-order valence-electron chi connectivity index (χ4n) is 2.06. The predicted octanol–water partition coefficient (Wildman–Crippen LogP) is 2.24. The minimum absolute atomic E-state index is 0.0651. The number of ether oxygens (including phenoxy) is 3. The van der Waals surface area contributed by atoms with E-state index in [-0.39, 0.29) is 13.0 Å². The van der Waals surface area contributed by atoms with E-state index >= 15 is 0 Å². The quantitative estimate of drug-likeness (QED) is 0.450. The normalized spacial score (nSPS) is 20.0. The zero-order valence-corrected chi connectivity index (χ0v) is 14.4. The number of carbonyl (C=O) groups excluding carboxylic acids is 3. The molecule has 0 bridgehead atoms. The number of esters is 3. The highest BCUT2D eigenvalue weighted by atomic mass is 16.6. The van der Waals surface area contributed by atoms with Crippen LogP contribution in [0.25, 0.3) is 0 Å². The van der Waals surface area contributed by atoms with Crippen molar-refractivity contribution >= 4 is 17.9 Å². The molecule has 0 aromatic heterocycles. The Labute approximate surface area is 131 Å². The van der Waals surface area contributed by atoms with E-state index in [1.165, 1.54) is 0 Å². The Kier molecular flexibility index (Phi) is 4.94. The van der Waals surface area contributed by atoms with Crippen molar-refractivity contribution in [2.24, 2.45) is 11.3 Å². The van der Waals surface area contributed by atoms with Crippen molar-refractivity contribution in [3.63, 3.8) is 0 Å². The van der Waals surface area contributed by atoms with Gasteiger partial charge in [0.2, 0.25) is 0 Å². The lowest BCUT2D eigenvalue weighted by molar-refractivity contribution is -0.180. The van der Waals surface area contributed by atoms with Crippen molar-refractivity contribution < 1.29 is 28.6 Å². The van der Waals surface area contributed by atoms with Crippen LogP contribution in [0.2, 0.25) is 0 Å².